The van der Waals surface area contributed by atoms with Crippen LogP contribution in [0.4, 0.5) is 26.3 Å². The minimum absolute atomic E-state index is 0.263. The molecule has 98 valence electrons. The number of hydrogen-bond acceptors (Lipinski definition) is 1. The summed E-state index contributed by atoms with van der Waals surface area (Å²) < 4.78 is 75.5. The van der Waals surface area contributed by atoms with Gasteiger partial charge in [0.1, 0.15) is 0 Å². The topological polar surface area (TPSA) is 20.2 Å². The summed E-state index contributed by atoms with van der Waals surface area (Å²) in [5, 5.41) is 9.22. The van der Waals surface area contributed by atoms with Crippen molar-refractivity contribution in [2.75, 3.05) is 0 Å². The van der Waals surface area contributed by atoms with Crippen molar-refractivity contribution < 1.29 is 31.4 Å². The monoisotopic (exact) mass is 260 g/mol. The van der Waals surface area contributed by atoms with Gasteiger partial charge in [0.25, 0.3) is 5.60 Å². The summed E-state index contributed by atoms with van der Waals surface area (Å²) in [6.45, 7) is 0. The second kappa shape index (κ2) is 3.40. The molecule has 0 spiro atoms. The molecular formula is C10H10F6O. The van der Waals surface area contributed by atoms with Gasteiger partial charge in [-0.05, 0) is 24.7 Å². The molecular weight excluding hydrogens is 250 g/mol. The van der Waals surface area contributed by atoms with E-state index < -0.39 is 29.8 Å². The van der Waals surface area contributed by atoms with Crippen LogP contribution < -0.4 is 0 Å². The van der Waals surface area contributed by atoms with Gasteiger partial charge in [-0.1, -0.05) is 12.2 Å². The Labute approximate surface area is 93.1 Å². The molecule has 0 radical (unpaired) electrons. The molecule has 0 aromatic rings. The average molecular weight is 260 g/mol. The first-order valence-corrected chi connectivity index (χ1v) is 5.11. The SMILES string of the molecule is OC(C1C[C@H]2C=CC1C2)(C(F)(F)F)C(F)(F)F. The molecule has 7 heteroatoms. The Bertz CT molecular complexity index is 328. The third kappa shape index (κ3) is 1.66. The summed E-state index contributed by atoms with van der Waals surface area (Å²) in [5.41, 5.74) is -4.59. The van der Waals surface area contributed by atoms with E-state index in [1.165, 1.54) is 6.08 Å². The van der Waals surface area contributed by atoms with Gasteiger partial charge in [-0.3, -0.25) is 0 Å². The predicted octanol–water partition coefficient (Wildman–Crippen LogP) is 3.05. The molecule has 1 nitrogen and oxygen atoms in total. The summed E-state index contributed by atoms with van der Waals surface area (Å²) in [5.74, 6) is -2.94. The molecule has 2 aliphatic rings. The lowest BCUT2D eigenvalue weighted by Gasteiger charge is -2.39. The number of rotatable bonds is 1. The fraction of sp³-hybridized carbons (Fsp3) is 0.800. The molecule has 1 fully saturated rings. The Morgan fingerprint density at radius 1 is 0.882 bits per heavy atom. The van der Waals surface area contributed by atoms with Crippen molar-refractivity contribution in [1.82, 2.24) is 0 Å². The molecule has 2 bridgehead atoms. The molecule has 0 aliphatic heterocycles. The van der Waals surface area contributed by atoms with Crippen molar-refractivity contribution in [2.45, 2.75) is 30.8 Å². The van der Waals surface area contributed by atoms with Crippen molar-refractivity contribution in [3.8, 4) is 0 Å². The Kier molecular flexibility index (Phi) is 2.54. The summed E-state index contributed by atoms with van der Waals surface area (Å²) >= 11 is 0. The molecule has 0 aromatic carbocycles. The zero-order chi connectivity index (χ0) is 13.1. The predicted molar refractivity (Wildman–Crippen MR) is 45.9 cm³/mol. The smallest absolute Gasteiger partial charge is 0.373 e. The number of aliphatic hydroxyl groups is 1. The van der Waals surface area contributed by atoms with Crippen molar-refractivity contribution in [3.05, 3.63) is 12.2 Å². The lowest BCUT2D eigenvalue weighted by atomic mass is 9.77. The van der Waals surface area contributed by atoms with E-state index in [0.717, 1.165) is 0 Å². The van der Waals surface area contributed by atoms with Crippen LogP contribution in [-0.2, 0) is 0 Å². The van der Waals surface area contributed by atoms with Gasteiger partial charge in [0, 0.05) is 5.92 Å². The van der Waals surface area contributed by atoms with E-state index in [0.29, 0.717) is 0 Å². The highest BCUT2D eigenvalue weighted by atomic mass is 19.4. The van der Waals surface area contributed by atoms with Crippen molar-refractivity contribution in [2.24, 2.45) is 17.8 Å². The first-order chi connectivity index (χ1) is 7.57. The van der Waals surface area contributed by atoms with E-state index in [9.17, 15) is 31.4 Å². The Morgan fingerprint density at radius 3 is 1.71 bits per heavy atom. The van der Waals surface area contributed by atoms with E-state index >= 15 is 0 Å². The van der Waals surface area contributed by atoms with E-state index in [4.69, 9.17) is 0 Å². The maximum atomic E-state index is 12.6. The highest BCUT2D eigenvalue weighted by Gasteiger charge is 2.75. The van der Waals surface area contributed by atoms with Gasteiger partial charge in [0.05, 0.1) is 0 Å². The zero-order valence-electron chi connectivity index (χ0n) is 8.52. The zero-order valence-corrected chi connectivity index (χ0v) is 8.52. The van der Waals surface area contributed by atoms with Gasteiger partial charge in [-0.2, -0.15) is 26.3 Å². The summed E-state index contributed by atoms with van der Waals surface area (Å²) in [6.07, 6.45) is -8.44. The van der Waals surface area contributed by atoms with Crippen LogP contribution in [0.2, 0.25) is 0 Å². The van der Waals surface area contributed by atoms with Crippen LogP contribution in [0.1, 0.15) is 12.8 Å². The van der Waals surface area contributed by atoms with Crippen molar-refractivity contribution in [1.29, 1.82) is 0 Å². The molecule has 1 saturated carbocycles. The third-order valence-corrected chi connectivity index (χ3v) is 3.68. The third-order valence-electron chi connectivity index (χ3n) is 3.68. The van der Waals surface area contributed by atoms with Crippen LogP contribution in [0.25, 0.3) is 0 Å². The van der Waals surface area contributed by atoms with Gasteiger partial charge < -0.3 is 5.11 Å². The molecule has 0 aromatic heterocycles. The van der Waals surface area contributed by atoms with Gasteiger partial charge in [-0.25, -0.2) is 0 Å². The Hall–Kier alpha value is -0.720. The molecule has 0 heterocycles. The number of allylic oxidation sites excluding steroid dienone is 2. The van der Waals surface area contributed by atoms with Crippen LogP contribution in [0.3, 0.4) is 0 Å². The van der Waals surface area contributed by atoms with E-state index in [1.54, 1.807) is 6.08 Å². The largest absolute Gasteiger partial charge is 0.426 e. The van der Waals surface area contributed by atoms with E-state index in [-0.39, 0.29) is 18.8 Å². The van der Waals surface area contributed by atoms with Crippen LogP contribution in [0.15, 0.2) is 12.2 Å². The van der Waals surface area contributed by atoms with Gasteiger partial charge in [0.15, 0.2) is 0 Å². The number of alkyl halides is 6. The highest BCUT2D eigenvalue weighted by molar-refractivity contribution is 5.16. The Balaban J connectivity index is 2.39. The van der Waals surface area contributed by atoms with Crippen molar-refractivity contribution >= 4 is 0 Å². The van der Waals surface area contributed by atoms with Gasteiger partial charge >= 0.3 is 12.4 Å². The van der Waals surface area contributed by atoms with E-state index in [1.807, 2.05) is 0 Å². The van der Waals surface area contributed by atoms with Gasteiger partial charge in [0.2, 0.25) is 0 Å². The molecule has 2 aliphatic carbocycles. The van der Waals surface area contributed by atoms with Gasteiger partial charge in [-0.15, -0.1) is 0 Å². The summed E-state index contributed by atoms with van der Waals surface area (Å²) in [6, 6.07) is 0. The second-order valence-corrected chi connectivity index (χ2v) is 4.65. The van der Waals surface area contributed by atoms with Crippen molar-refractivity contribution in [3.63, 3.8) is 0 Å². The minimum Gasteiger partial charge on any atom is -0.373 e. The summed E-state index contributed by atoms with van der Waals surface area (Å²) in [7, 11) is 0. The van der Waals surface area contributed by atoms with Crippen LogP contribution in [-0.4, -0.2) is 23.1 Å². The van der Waals surface area contributed by atoms with E-state index in [2.05, 4.69) is 0 Å². The summed E-state index contributed by atoms with van der Waals surface area (Å²) in [4.78, 5) is 0. The second-order valence-electron chi connectivity index (χ2n) is 4.65. The molecule has 1 N–H and O–H groups in total. The molecule has 2 unspecified atom stereocenters. The highest BCUT2D eigenvalue weighted by Crippen LogP contribution is 2.57. The number of hydrogen-bond donors (Lipinski definition) is 1. The molecule has 3 atom stereocenters. The normalized spacial score (nSPS) is 33.5. The lowest BCUT2D eigenvalue weighted by molar-refractivity contribution is -0.387. The molecule has 0 saturated heterocycles. The fourth-order valence-electron chi connectivity index (χ4n) is 2.84. The molecule has 2 rings (SSSR count). The molecule has 0 amide bonds. The standard InChI is InChI=1S/C10H10F6O/c11-9(12,13)8(17,10(14,15)16)7-4-5-1-2-6(7)3-5/h1-2,5-7,17H,3-4H2/t5-,6?,7?/m0/s1. The maximum absolute atomic E-state index is 12.6. The first-order valence-electron chi connectivity index (χ1n) is 5.11. The Morgan fingerprint density at radius 2 is 1.41 bits per heavy atom. The van der Waals surface area contributed by atoms with Crippen LogP contribution in [0, 0.1) is 17.8 Å². The molecule has 17 heavy (non-hydrogen) atoms. The minimum atomic E-state index is -5.70. The van der Waals surface area contributed by atoms with Crippen LogP contribution >= 0.6 is 0 Å². The maximum Gasteiger partial charge on any atom is 0.426 e. The number of fused-ring (bicyclic) bond motifs is 2. The quantitative estimate of drug-likeness (QED) is 0.567. The fourth-order valence-corrected chi connectivity index (χ4v) is 2.84. The first kappa shape index (κ1) is 12.7. The lowest BCUT2D eigenvalue weighted by Crippen LogP contribution is -2.62. The number of halogens is 6. The average Bonchev–Trinajstić information content (AvgIpc) is 2.73. The van der Waals surface area contributed by atoms with Crippen LogP contribution in [0.5, 0.6) is 0 Å².